The van der Waals surface area contributed by atoms with Gasteiger partial charge in [-0.1, -0.05) is 0 Å². The summed E-state index contributed by atoms with van der Waals surface area (Å²) >= 11 is 4.16. The third-order valence-corrected chi connectivity index (χ3v) is 2.68. The monoisotopic (exact) mass is 241 g/mol. The average Bonchev–Trinajstić information content (AvgIpc) is 2.30. The van der Waals surface area contributed by atoms with Gasteiger partial charge in [0.15, 0.2) is 0 Å². The Kier molecular flexibility index (Phi) is 5.49. The highest BCUT2D eigenvalue weighted by Gasteiger charge is 2.08. The Hall–Kier alpha value is -0.870. The van der Waals surface area contributed by atoms with Gasteiger partial charge in [0.05, 0.1) is 14.2 Å². The third-order valence-electron chi connectivity index (χ3n) is 2.45. The van der Waals surface area contributed by atoms with E-state index >= 15 is 0 Å². The lowest BCUT2D eigenvalue weighted by Crippen LogP contribution is -2.17. The number of methoxy groups -OCH3 is 2. The van der Waals surface area contributed by atoms with Crippen LogP contribution in [0.1, 0.15) is 11.1 Å². The van der Waals surface area contributed by atoms with Crippen LogP contribution in [0, 0.1) is 6.92 Å². The fraction of sp³-hybridized carbons (Fsp3) is 0.500. The number of benzene rings is 1. The summed E-state index contributed by atoms with van der Waals surface area (Å²) in [6, 6.07) is 3.92. The molecule has 0 fully saturated rings. The summed E-state index contributed by atoms with van der Waals surface area (Å²) in [5.41, 5.74) is 2.34. The molecule has 0 unspecified atom stereocenters. The number of hydrogen-bond donors (Lipinski definition) is 2. The van der Waals surface area contributed by atoms with E-state index in [0.29, 0.717) is 0 Å². The Labute approximate surface area is 103 Å². The Morgan fingerprint density at radius 3 is 2.56 bits per heavy atom. The smallest absolute Gasteiger partial charge is 0.127 e. The minimum absolute atomic E-state index is 0.791. The molecule has 90 valence electrons. The number of thiol groups is 1. The van der Waals surface area contributed by atoms with Crippen LogP contribution in [0.4, 0.5) is 0 Å². The lowest BCUT2D eigenvalue weighted by molar-refractivity contribution is 0.389. The van der Waals surface area contributed by atoms with Crippen LogP contribution in [0.15, 0.2) is 12.1 Å². The predicted molar refractivity (Wildman–Crippen MR) is 69.8 cm³/mol. The normalized spacial score (nSPS) is 10.2. The minimum Gasteiger partial charge on any atom is -0.497 e. The molecule has 1 N–H and O–H groups in total. The van der Waals surface area contributed by atoms with Crippen LogP contribution < -0.4 is 14.8 Å². The maximum absolute atomic E-state index is 5.36. The van der Waals surface area contributed by atoms with Crippen LogP contribution in [0.5, 0.6) is 11.5 Å². The van der Waals surface area contributed by atoms with Gasteiger partial charge in [-0.25, -0.2) is 0 Å². The van der Waals surface area contributed by atoms with Crippen molar-refractivity contribution >= 4 is 12.6 Å². The van der Waals surface area contributed by atoms with Gasteiger partial charge in [-0.3, -0.25) is 0 Å². The Morgan fingerprint density at radius 1 is 1.25 bits per heavy atom. The van der Waals surface area contributed by atoms with Crippen molar-refractivity contribution in [1.29, 1.82) is 0 Å². The fourth-order valence-corrected chi connectivity index (χ4v) is 1.73. The molecule has 16 heavy (non-hydrogen) atoms. The number of nitrogens with one attached hydrogen (secondary N) is 1. The van der Waals surface area contributed by atoms with Gasteiger partial charge in [0.25, 0.3) is 0 Å². The van der Waals surface area contributed by atoms with E-state index in [4.69, 9.17) is 9.47 Å². The van der Waals surface area contributed by atoms with Crippen molar-refractivity contribution in [2.24, 2.45) is 0 Å². The molecule has 1 aromatic rings. The van der Waals surface area contributed by atoms with Crippen LogP contribution in [-0.4, -0.2) is 26.5 Å². The second-order valence-electron chi connectivity index (χ2n) is 3.53. The number of rotatable bonds is 6. The van der Waals surface area contributed by atoms with E-state index in [9.17, 15) is 0 Å². The van der Waals surface area contributed by atoms with Gasteiger partial charge in [-0.05, 0) is 18.6 Å². The number of ether oxygens (including phenoxy) is 2. The molecule has 0 aliphatic carbocycles. The highest BCUT2D eigenvalue weighted by Crippen LogP contribution is 2.28. The molecule has 4 heteroatoms. The highest BCUT2D eigenvalue weighted by molar-refractivity contribution is 7.80. The van der Waals surface area contributed by atoms with Crippen molar-refractivity contribution in [3.8, 4) is 11.5 Å². The maximum Gasteiger partial charge on any atom is 0.127 e. The van der Waals surface area contributed by atoms with E-state index in [1.807, 2.05) is 12.1 Å². The van der Waals surface area contributed by atoms with Crippen molar-refractivity contribution < 1.29 is 9.47 Å². The zero-order chi connectivity index (χ0) is 12.0. The summed E-state index contributed by atoms with van der Waals surface area (Å²) in [7, 11) is 3.34. The average molecular weight is 241 g/mol. The van der Waals surface area contributed by atoms with Crippen molar-refractivity contribution in [1.82, 2.24) is 5.32 Å². The summed E-state index contributed by atoms with van der Waals surface area (Å²) in [4.78, 5) is 0. The molecule has 0 saturated carbocycles. The molecule has 0 aromatic heterocycles. The molecule has 0 atom stereocenters. The molecule has 0 saturated heterocycles. The van der Waals surface area contributed by atoms with Crippen LogP contribution >= 0.6 is 12.6 Å². The molecule has 1 rings (SSSR count). The zero-order valence-corrected chi connectivity index (χ0v) is 10.9. The molecule has 0 heterocycles. The van der Waals surface area contributed by atoms with Crippen molar-refractivity contribution in [3.05, 3.63) is 23.3 Å². The summed E-state index contributed by atoms with van der Waals surface area (Å²) in [6.07, 6.45) is 0. The quantitative estimate of drug-likeness (QED) is 0.590. The van der Waals surface area contributed by atoms with E-state index in [2.05, 4.69) is 24.9 Å². The molecule has 0 aliphatic rings. The second-order valence-corrected chi connectivity index (χ2v) is 3.97. The van der Waals surface area contributed by atoms with Gasteiger partial charge >= 0.3 is 0 Å². The molecule has 0 bridgehead atoms. The van der Waals surface area contributed by atoms with Crippen LogP contribution in [0.25, 0.3) is 0 Å². The van der Waals surface area contributed by atoms with Gasteiger partial charge in [0.1, 0.15) is 11.5 Å². The van der Waals surface area contributed by atoms with Crippen molar-refractivity contribution in [2.75, 3.05) is 26.5 Å². The third kappa shape index (κ3) is 3.32. The maximum atomic E-state index is 5.36. The van der Waals surface area contributed by atoms with Gasteiger partial charge in [-0.2, -0.15) is 12.6 Å². The summed E-state index contributed by atoms with van der Waals surface area (Å²) in [6.45, 7) is 3.74. The molecule has 0 aliphatic heterocycles. The Morgan fingerprint density at radius 2 is 2.00 bits per heavy atom. The molecular formula is C12H19NO2S. The Bertz CT molecular complexity index is 342. The van der Waals surface area contributed by atoms with Gasteiger partial charge in [0.2, 0.25) is 0 Å². The van der Waals surface area contributed by atoms with Crippen LogP contribution in [0.2, 0.25) is 0 Å². The Balaban J connectivity index is 2.88. The van der Waals surface area contributed by atoms with E-state index in [-0.39, 0.29) is 0 Å². The first-order chi connectivity index (χ1) is 7.72. The topological polar surface area (TPSA) is 30.5 Å². The van der Waals surface area contributed by atoms with Gasteiger partial charge in [0, 0.05) is 30.5 Å². The van der Waals surface area contributed by atoms with Gasteiger partial charge in [-0.15, -0.1) is 0 Å². The zero-order valence-electron chi connectivity index (χ0n) is 10.0. The van der Waals surface area contributed by atoms with Crippen molar-refractivity contribution in [2.45, 2.75) is 13.5 Å². The van der Waals surface area contributed by atoms with E-state index < -0.39 is 0 Å². The van der Waals surface area contributed by atoms with E-state index in [1.165, 1.54) is 11.1 Å². The lowest BCUT2D eigenvalue weighted by atomic mass is 10.1. The van der Waals surface area contributed by atoms with E-state index in [1.54, 1.807) is 14.2 Å². The summed E-state index contributed by atoms with van der Waals surface area (Å²) < 4.78 is 10.6. The highest BCUT2D eigenvalue weighted by atomic mass is 32.1. The predicted octanol–water partition coefficient (Wildman–Crippen LogP) is 2.03. The summed E-state index contributed by atoms with van der Waals surface area (Å²) in [5.74, 6) is 2.52. The number of aryl methyl sites for hydroxylation is 1. The standard InChI is InChI=1S/C12H19NO2S/c1-9-6-10(14-2)7-12(15-3)11(9)8-13-4-5-16/h6-7,13,16H,4-5,8H2,1-3H3. The fourth-order valence-electron chi connectivity index (χ4n) is 1.57. The molecular weight excluding hydrogens is 222 g/mol. The number of hydrogen-bond acceptors (Lipinski definition) is 4. The second kappa shape index (κ2) is 6.66. The summed E-state index contributed by atoms with van der Waals surface area (Å²) in [5, 5.41) is 3.31. The molecule has 0 spiro atoms. The first-order valence-corrected chi connectivity index (χ1v) is 5.89. The largest absolute Gasteiger partial charge is 0.497 e. The van der Waals surface area contributed by atoms with Crippen LogP contribution in [-0.2, 0) is 6.54 Å². The molecule has 3 nitrogen and oxygen atoms in total. The van der Waals surface area contributed by atoms with E-state index in [0.717, 1.165) is 30.3 Å². The SMILES string of the molecule is COc1cc(C)c(CNCCS)c(OC)c1. The first-order valence-electron chi connectivity index (χ1n) is 5.26. The first kappa shape index (κ1) is 13.2. The van der Waals surface area contributed by atoms with Crippen molar-refractivity contribution in [3.63, 3.8) is 0 Å². The molecule has 1 aromatic carbocycles. The van der Waals surface area contributed by atoms with Crippen LogP contribution in [0.3, 0.4) is 0 Å². The minimum atomic E-state index is 0.791. The van der Waals surface area contributed by atoms with Gasteiger partial charge < -0.3 is 14.8 Å². The lowest BCUT2D eigenvalue weighted by Gasteiger charge is -2.14. The molecule has 0 radical (unpaired) electrons. The molecule has 0 amide bonds.